The van der Waals surface area contributed by atoms with Gasteiger partial charge in [0.25, 0.3) is 0 Å². The molecule has 1 heterocycles. The van der Waals surface area contributed by atoms with Gasteiger partial charge in [-0.05, 0) is 18.6 Å². The quantitative estimate of drug-likeness (QED) is 0.624. The number of nitrogens with zero attached hydrogens (tertiary/aromatic N) is 2. The summed E-state index contributed by atoms with van der Waals surface area (Å²) in [6, 6.07) is 0. The van der Waals surface area contributed by atoms with E-state index >= 15 is 0 Å². The zero-order chi connectivity index (χ0) is 12.3. The van der Waals surface area contributed by atoms with Gasteiger partial charge in [0.2, 0.25) is 0 Å². The van der Waals surface area contributed by atoms with Gasteiger partial charge < -0.3 is 15.0 Å². The van der Waals surface area contributed by atoms with Crippen molar-refractivity contribution in [2.24, 2.45) is 0 Å². The van der Waals surface area contributed by atoms with E-state index in [1.165, 1.54) is 5.69 Å². The second kappa shape index (κ2) is 9.50. The van der Waals surface area contributed by atoms with Gasteiger partial charge in [-0.1, -0.05) is 6.92 Å². The molecule has 2 N–H and O–H groups in total. The predicted molar refractivity (Wildman–Crippen MR) is 73.3 cm³/mol. The van der Waals surface area contributed by atoms with Crippen LogP contribution in [0.4, 0.5) is 0 Å². The molecule has 4 nitrogen and oxygen atoms in total. The summed E-state index contributed by atoms with van der Waals surface area (Å²) in [7, 11) is 0. The number of nitrogens with one attached hydrogen (secondary N) is 1. The van der Waals surface area contributed by atoms with Crippen LogP contribution in [0.1, 0.15) is 25.5 Å². The fraction of sp³-hybridized carbons (Fsp3) is 0.750. The number of hydrogen-bond donors (Lipinski definition) is 2. The van der Waals surface area contributed by atoms with E-state index in [0.717, 1.165) is 44.0 Å². The number of thioether (sulfide) groups is 1. The molecule has 0 saturated heterocycles. The van der Waals surface area contributed by atoms with E-state index in [-0.39, 0.29) is 0 Å². The number of hydrogen-bond acceptors (Lipinski definition) is 4. The fourth-order valence-corrected chi connectivity index (χ4v) is 2.39. The highest BCUT2D eigenvalue weighted by Gasteiger charge is 2.00. The Morgan fingerprint density at radius 3 is 3.12 bits per heavy atom. The van der Waals surface area contributed by atoms with E-state index in [4.69, 9.17) is 5.11 Å². The minimum Gasteiger partial charge on any atom is -0.396 e. The number of aliphatic hydroxyl groups is 1. The molecule has 0 bridgehead atoms. The maximum Gasteiger partial charge on any atom is 0.0948 e. The van der Waals surface area contributed by atoms with Crippen LogP contribution in [0.5, 0.6) is 0 Å². The van der Waals surface area contributed by atoms with Crippen LogP contribution in [-0.2, 0) is 13.1 Å². The number of aliphatic hydroxyl groups excluding tert-OH is 1. The summed E-state index contributed by atoms with van der Waals surface area (Å²) in [5.74, 6) is 2.15. The van der Waals surface area contributed by atoms with Crippen molar-refractivity contribution in [1.82, 2.24) is 14.9 Å². The zero-order valence-electron chi connectivity index (χ0n) is 10.6. The van der Waals surface area contributed by atoms with Crippen LogP contribution in [-0.4, -0.2) is 39.3 Å². The Morgan fingerprint density at radius 1 is 1.47 bits per heavy atom. The van der Waals surface area contributed by atoms with Gasteiger partial charge in [0.15, 0.2) is 0 Å². The molecule has 0 aliphatic rings. The molecule has 98 valence electrons. The summed E-state index contributed by atoms with van der Waals surface area (Å²) in [5.41, 5.74) is 1.26. The highest BCUT2D eigenvalue weighted by atomic mass is 32.2. The van der Waals surface area contributed by atoms with Crippen LogP contribution in [0.25, 0.3) is 0 Å². The lowest BCUT2D eigenvalue weighted by atomic mass is 10.4. The number of imidazole rings is 1. The molecule has 17 heavy (non-hydrogen) atoms. The third-order valence-electron chi connectivity index (χ3n) is 2.44. The fourth-order valence-electron chi connectivity index (χ4n) is 1.57. The first kappa shape index (κ1) is 14.5. The summed E-state index contributed by atoms with van der Waals surface area (Å²) < 4.78 is 2.20. The van der Waals surface area contributed by atoms with Gasteiger partial charge in [-0.15, -0.1) is 0 Å². The molecule has 0 aromatic carbocycles. The van der Waals surface area contributed by atoms with Gasteiger partial charge in [-0.25, -0.2) is 4.98 Å². The molecule has 0 saturated carbocycles. The van der Waals surface area contributed by atoms with Crippen molar-refractivity contribution in [2.45, 2.75) is 32.9 Å². The maximum absolute atomic E-state index is 8.64. The lowest BCUT2D eigenvalue weighted by Crippen LogP contribution is -2.19. The molecular formula is C12H23N3OS. The van der Waals surface area contributed by atoms with Crippen molar-refractivity contribution >= 4 is 11.8 Å². The van der Waals surface area contributed by atoms with Crippen LogP contribution in [0, 0.1) is 0 Å². The highest BCUT2D eigenvalue weighted by molar-refractivity contribution is 7.99. The Bertz CT molecular complexity index is 291. The van der Waals surface area contributed by atoms with Gasteiger partial charge in [0, 0.05) is 38.2 Å². The minimum atomic E-state index is 0.302. The van der Waals surface area contributed by atoms with E-state index in [2.05, 4.69) is 21.8 Å². The average Bonchev–Trinajstić information content (AvgIpc) is 2.76. The Labute approximate surface area is 108 Å². The minimum absolute atomic E-state index is 0.302. The van der Waals surface area contributed by atoms with E-state index in [9.17, 15) is 0 Å². The number of aryl methyl sites for hydroxylation is 1. The van der Waals surface area contributed by atoms with Gasteiger partial charge >= 0.3 is 0 Å². The molecule has 0 aliphatic heterocycles. The summed E-state index contributed by atoms with van der Waals surface area (Å²) in [6.07, 6.45) is 5.87. The Kier molecular flexibility index (Phi) is 8.13. The Hall–Kier alpha value is -0.520. The topological polar surface area (TPSA) is 50.1 Å². The molecule has 1 aromatic rings. The van der Waals surface area contributed by atoms with Gasteiger partial charge in [0.1, 0.15) is 0 Å². The van der Waals surface area contributed by atoms with Crippen molar-refractivity contribution in [3.05, 3.63) is 18.2 Å². The van der Waals surface area contributed by atoms with Crippen molar-refractivity contribution in [1.29, 1.82) is 0 Å². The number of aromatic nitrogens is 2. The first-order chi connectivity index (χ1) is 8.38. The maximum atomic E-state index is 8.64. The molecule has 0 radical (unpaired) electrons. The summed E-state index contributed by atoms with van der Waals surface area (Å²) in [5, 5.41) is 12.1. The lowest BCUT2D eigenvalue weighted by molar-refractivity contribution is 0.296. The van der Waals surface area contributed by atoms with Gasteiger partial charge in [0.05, 0.1) is 12.0 Å². The second-order valence-electron chi connectivity index (χ2n) is 3.94. The van der Waals surface area contributed by atoms with Crippen LogP contribution in [0.3, 0.4) is 0 Å². The SMILES string of the molecule is CCCn1cncc1CNCCSCCCO. The summed E-state index contributed by atoms with van der Waals surface area (Å²) in [6.45, 7) is 5.42. The largest absolute Gasteiger partial charge is 0.396 e. The van der Waals surface area contributed by atoms with E-state index in [1.54, 1.807) is 0 Å². The van der Waals surface area contributed by atoms with Gasteiger partial charge in [-0.2, -0.15) is 11.8 Å². The first-order valence-electron chi connectivity index (χ1n) is 6.26. The van der Waals surface area contributed by atoms with Crippen LogP contribution < -0.4 is 5.32 Å². The van der Waals surface area contributed by atoms with Crippen LogP contribution in [0.2, 0.25) is 0 Å². The Morgan fingerprint density at radius 2 is 2.35 bits per heavy atom. The first-order valence-corrected chi connectivity index (χ1v) is 7.42. The molecular weight excluding hydrogens is 234 g/mol. The van der Waals surface area contributed by atoms with Crippen molar-refractivity contribution in [2.75, 3.05) is 24.7 Å². The molecule has 0 atom stereocenters. The monoisotopic (exact) mass is 257 g/mol. The van der Waals surface area contributed by atoms with Crippen molar-refractivity contribution in [3.63, 3.8) is 0 Å². The van der Waals surface area contributed by atoms with Gasteiger partial charge in [-0.3, -0.25) is 0 Å². The molecule has 1 rings (SSSR count). The van der Waals surface area contributed by atoms with Crippen molar-refractivity contribution in [3.8, 4) is 0 Å². The molecule has 1 aromatic heterocycles. The van der Waals surface area contributed by atoms with Crippen LogP contribution in [0.15, 0.2) is 12.5 Å². The molecule has 0 spiro atoms. The third kappa shape index (κ3) is 6.10. The highest BCUT2D eigenvalue weighted by Crippen LogP contribution is 2.02. The third-order valence-corrected chi connectivity index (χ3v) is 3.51. The number of rotatable bonds is 10. The van der Waals surface area contributed by atoms with E-state index in [0.29, 0.717) is 6.61 Å². The standard InChI is InChI=1S/C12H23N3OS/c1-2-5-15-11-14-10-12(15)9-13-4-8-17-7-3-6-16/h10-11,13,16H,2-9H2,1H3. The normalized spacial score (nSPS) is 10.9. The molecule has 5 heteroatoms. The lowest BCUT2D eigenvalue weighted by Gasteiger charge is -2.07. The smallest absolute Gasteiger partial charge is 0.0948 e. The van der Waals surface area contributed by atoms with E-state index in [1.807, 2.05) is 24.3 Å². The molecule has 0 aliphatic carbocycles. The molecule has 0 unspecified atom stereocenters. The molecule has 0 fully saturated rings. The summed E-state index contributed by atoms with van der Waals surface area (Å²) >= 11 is 1.88. The average molecular weight is 257 g/mol. The van der Waals surface area contributed by atoms with Crippen LogP contribution >= 0.6 is 11.8 Å². The van der Waals surface area contributed by atoms with Crippen molar-refractivity contribution < 1.29 is 5.11 Å². The summed E-state index contributed by atoms with van der Waals surface area (Å²) in [4.78, 5) is 4.17. The van der Waals surface area contributed by atoms with E-state index < -0.39 is 0 Å². The zero-order valence-corrected chi connectivity index (χ0v) is 11.4. The Balaban J connectivity index is 2.07. The second-order valence-corrected chi connectivity index (χ2v) is 5.17. The predicted octanol–water partition coefficient (Wildman–Crippen LogP) is 1.50. The molecule has 0 amide bonds.